The van der Waals surface area contributed by atoms with Crippen LogP contribution in [-0.2, 0) is 10.3 Å². The summed E-state index contributed by atoms with van der Waals surface area (Å²) < 4.78 is 13.8. The second-order valence-electron chi connectivity index (χ2n) is 9.21. The second-order valence-corrected chi connectivity index (χ2v) is 9.21. The van der Waals surface area contributed by atoms with Crippen molar-refractivity contribution < 1.29 is 14.0 Å². The Morgan fingerprint density at radius 2 is 1.77 bits per heavy atom. The average Bonchev–Trinajstić information content (AvgIpc) is 3.13. The van der Waals surface area contributed by atoms with Gasteiger partial charge in [-0.3, -0.25) is 0 Å². The number of urea groups is 1. The molecule has 2 amide bonds. The number of benzene rings is 2. The van der Waals surface area contributed by atoms with E-state index < -0.39 is 5.82 Å². The fraction of sp³-hybridized carbons (Fsp3) is 0.417. The molecular formula is C24H28FN3O2. The van der Waals surface area contributed by atoms with Gasteiger partial charge in [0.2, 0.25) is 0 Å². The van der Waals surface area contributed by atoms with Gasteiger partial charge in [-0.1, -0.05) is 62.3 Å². The minimum atomic E-state index is -0.436. The molecule has 158 valence electrons. The van der Waals surface area contributed by atoms with Gasteiger partial charge in [-0.05, 0) is 28.7 Å². The van der Waals surface area contributed by atoms with E-state index in [1.54, 1.807) is 23.1 Å². The summed E-state index contributed by atoms with van der Waals surface area (Å²) in [5.41, 5.74) is 3.29. The molecule has 4 rings (SSSR count). The van der Waals surface area contributed by atoms with Crippen LogP contribution in [0.15, 0.2) is 53.7 Å². The summed E-state index contributed by atoms with van der Waals surface area (Å²) in [6.07, 6.45) is 2.14. The van der Waals surface area contributed by atoms with Crippen LogP contribution >= 0.6 is 0 Å². The Balaban J connectivity index is 1.34. The standard InChI is InChI=1S/C24H28FN3O2/c1-23(2,3)18-10-8-17(9-11-18)21-16-24(30-27-21)12-14-28(15-13-24)22(29)26-20-7-5-4-6-19(20)25/h4-11H,12-16H2,1-3H3,(H,26,29). The van der Waals surface area contributed by atoms with Gasteiger partial charge in [-0.25, -0.2) is 9.18 Å². The minimum absolute atomic E-state index is 0.115. The number of oxime groups is 1. The average molecular weight is 410 g/mol. The third-order valence-corrected chi connectivity index (χ3v) is 6.00. The van der Waals surface area contributed by atoms with Crippen molar-refractivity contribution in [1.82, 2.24) is 4.90 Å². The van der Waals surface area contributed by atoms with Crippen molar-refractivity contribution in [2.24, 2.45) is 5.16 Å². The third kappa shape index (κ3) is 4.18. The maximum atomic E-state index is 13.8. The molecule has 0 atom stereocenters. The Morgan fingerprint density at radius 1 is 1.10 bits per heavy atom. The lowest BCUT2D eigenvalue weighted by molar-refractivity contribution is -0.0544. The molecule has 6 heteroatoms. The van der Waals surface area contributed by atoms with E-state index in [2.05, 4.69) is 55.5 Å². The largest absolute Gasteiger partial charge is 0.388 e. The number of anilines is 1. The molecule has 2 aromatic carbocycles. The summed E-state index contributed by atoms with van der Waals surface area (Å²) >= 11 is 0. The smallest absolute Gasteiger partial charge is 0.321 e. The zero-order chi connectivity index (χ0) is 21.4. The number of rotatable bonds is 2. The highest BCUT2D eigenvalue weighted by molar-refractivity contribution is 6.01. The molecule has 5 nitrogen and oxygen atoms in total. The van der Waals surface area contributed by atoms with Crippen molar-refractivity contribution in [2.75, 3.05) is 18.4 Å². The normalized spacial score (nSPS) is 18.1. The Labute approximate surface area is 176 Å². The van der Waals surface area contributed by atoms with E-state index in [-0.39, 0.29) is 22.7 Å². The van der Waals surface area contributed by atoms with E-state index in [0.29, 0.717) is 25.9 Å². The first kappa shape index (κ1) is 20.4. The van der Waals surface area contributed by atoms with E-state index >= 15 is 0 Å². The lowest BCUT2D eigenvalue weighted by Crippen LogP contribution is -2.48. The number of piperidine rings is 1. The SMILES string of the molecule is CC(C)(C)c1ccc(C2=NOC3(CCN(C(=O)Nc4ccccc4F)CC3)C2)cc1. The molecule has 0 bridgehead atoms. The summed E-state index contributed by atoms with van der Waals surface area (Å²) in [5.74, 6) is -0.436. The zero-order valence-corrected chi connectivity index (χ0v) is 17.7. The van der Waals surface area contributed by atoms with Gasteiger partial charge in [0, 0.05) is 32.4 Å². The first-order valence-corrected chi connectivity index (χ1v) is 10.4. The maximum Gasteiger partial charge on any atom is 0.321 e. The number of likely N-dealkylation sites (tertiary alicyclic amines) is 1. The van der Waals surface area contributed by atoms with Crippen molar-refractivity contribution in [3.05, 3.63) is 65.5 Å². The van der Waals surface area contributed by atoms with Crippen LogP contribution in [0.1, 0.15) is 51.2 Å². The molecule has 0 unspecified atom stereocenters. The Kier molecular flexibility index (Phi) is 5.26. The molecule has 1 N–H and O–H groups in total. The van der Waals surface area contributed by atoms with E-state index in [1.807, 2.05) is 0 Å². The highest BCUT2D eigenvalue weighted by atomic mass is 19.1. The topological polar surface area (TPSA) is 53.9 Å². The van der Waals surface area contributed by atoms with Crippen LogP contribution in [0.2, 0.25) is 0 Å². The van der Waals surface area contributed by atoms with Gasteiger partial charge in [0.25, 0.3) is 0 Å². The quantitative estimate of drug-likeness (QED) is 0.730. The molecule has 0 aromatic heterocycles. The molecular weight excluding hydrogens is 381 g/mol. The molecule has 30 heavy (non-hydrogen) atoms. The highest BCUT2D eigenvalue weighted by Crippen LogP contribution is 2.36. The van der Waals surface area contributed by atoms with E-state index in [4.69, 9.17) is 4.84 Å². The highest BCUT2D eigenvalue weighted by Gasteiger charge is 2.43. The summed E-state index contributed by atoms with van der Waals surface area (Å²) in [6, 6.07) is 14.4. The van der Waals surface area contributed by atoms with Crippen molar-refractivity contribution in [3.8, 4) is 0 Å². The van der Waals surface area contributed by atoms with Crippen molar-refractivity contribution in [1.29, 1.82) is 0 Å². The molecule has 1 fully saturated rings. The molecule has 0 aliphatic carbocycles. The molecule has 2 aliphatic heterocycles. The van der Waals surface area contributed by atoms with Crippen LogP contribution in [-0.4, -0.2) is 35.3 Å². The Morgan fingerprint density at radius 3 is 2.40 bits per heavy atom. The van der Waals surface area contributed by atoms with E-state index in [1.165, 1.54) is 11.6 Å². The monoisotopic (exact) mass is 409 g/mol. The van der Waals surface area contributed by atoms with Gasteiger partial charge in [0.1, 0.15) is 11.4 Å². The van der Waals surface area contributed by atoms with Crippen LogP contribution in [0, 0.1) is 5.82 Å². The fourth-order valence-corrected chi connectivity index (χ4v) is 3.98. The number of hydrogen-bond donors (Lipinski definition) is 1. The number of nitrogens with one attached hydrogen (secondary N) is 1. The van der Waals surface area contributed by atoms with Crippen LogP contribution in [0.4, 0.5) is 14.9 Å². The summed E-state index contributed by atoms with van der Waals surface area (Å²) in [6.45, 7) is 7.69. The van der Waals surface area contributed by atoms with Gasteiger partial charge in [-0.15, -0.1) is 0 Å². The number of nitrogens with zero attached hydrogens (tertiary/aromatic N) is 2. The Bertz CT molecular complexity index is 955. The van der Waals surface area contributed by atoms with Gasteiger partial charge >= 0.3 is 6.03 Å². The van der Waals surface area contributed by atoms with Crippen molar-refractivity contribution in [2.45, 2.75) is 51.0 Å². The summed E-state index contributed by atoms with van der Waals surface area (Å²) in [5, 5.41) is 7.03. The minimum Gasteiger partial charge on any atom is -0.388 e. The van der Waals surface area contributed by atoms with Gasteiger partial charge in [-0.2, -0.15) is 0 Å². The Hall–Kier alpha value is -2.89. The lowest BCUT2D eigenvalue weighted by atomic mass is 9.84. The zero-order valence-electron chi connectivity index (χ0n) is 17.7. The lowest BCUT2D eigenvalue weighted by Gasteiger charge is -2.37. The number of carbonyl (C=O) groups is 1. The predicted octanol–water partition coefficient (Wildman–Crippen LogP) is 5.31. The predicted molar refractivity (Wildman–Crippen MR) is 116 cm³/mol. The maximum absolute atomic E-state index is 13.8. The molecule has 0 saturated carbocycles. The molecule has 1 spiro atoms. The number of amides is 2. The van der Waals surface area contributed by atoms with Crippen molar-refractivity contribution >= 4 is 17.4 Å². The molecule has 2 aromatic rings. The first-order chi connectivity index (χ1) is 14.3. The van der Waals surface area contributed by atoms with Crippen LogP contribution in [0.25, 0.3) is 0 Å². The van der Waals surface area contributed by atoms with Gasteiger partial charge in [0.05, 0.1) is 11.4 Å². The van der Waals surface area contributed by atoms with Gasteiger partial charge < -0.3 is 15.1 Å². The molecule has 0 radical (unpaired) electrons. The molecule has 1 saturated heterocycles. The fourth-order valence-electron chi connectivity index (χ4n) is 3.98. The second kappa shape index (κ2) is 7.74. The summed E-state index contributed by atoms with van der Waals surface area (Å²) in [7, 11) is 0. The number of hydrogen-bond acceptors (Lipinski definition) is 3. The van der Waals surface area contributed by atoms with Crippen LogP contribution < -0.4 is 5.32 Å². The van der Waals surface area contributed by atoms with Crippen LogP contribution in [0.5, 0.6) is 0 Å². The third-order valence-electron chi connectivity index (χ3n) is 6.00. The molecule has 2 aliphatic rings. The number of halogens is 1. The first-order valence-electron chi connectivity index (χ1n) is 10.4. The molecule has 2 heterocycles. The van der Waals surface area contributed by atoms with Crippen molar-refractivity contribution in [3.63, 3.8) is 0 Å². The summed E-state index contributed by atoms with van der Waals surface area (Å²) in [4.78, 5) is 20.1. The number of para-hydroxylation sites is 1. The number of carbonyl (C=O) groups excluding carboxylic acids is 1. The van der Waals surface area contributed by atoms with E-state index in [9.17, 15) is 9.18 Å². The van der Waals surface area contributed by atoms with Gasteiger partial charge in [0.15, 0.2) is 0 Å². The van der Waals surface area contributed by atoms with E-state index in [0.717, 1.165) is 17.7 Å². The van der Waals surface area contributed by atoms with Crippen LogP contribution in [0.3, 0.4) is 0 Å².